The fraction of sp³-hybridized carbons (Fsp3) is 0.455. The lowest BCUT2D eigenvalue weighted by molar-refractivity contribution is -0.122. The van der Waals surface area contributed by atoms with E-state index in [1.165, 1.54) is 37.5 Å². The number of benzene rings is 1. The number of aliphatic hydroxyl groups is 1. The summed E-state index contributed by atoms with van der Waals surface area (Å²) in [5, 5.41) is 12.6. The Morgan fingerprint density at radius 3 is 2.30 bits per heavy atom. The van der Waals surface area contributed by atoms with Crippen molar-refractivity contribution in [2.45, 2.75) is 63.5 Å². The minimum atomic E-state index is -0.751. The van der Waals surface area contributed by atoms with Gasteiger partial charge in [0.15, 0.2) is 0 Å². The summed E-state index contributed by atoms with van der Waals surface area (Å²) in [6, 6.07) is 5.86. The van der Waals surface area contributed by atoms with Crippen molar-refractivity contribution >= 4 is 12.2 Å². The maximum Gasteiger partial charge on any atom is 0.252 e. The average Bonchev–Trinajstić information content (AvgIpc) is 3.49. The maximum absolute atomic E-state index is 13.2. The van der Waals surface area contributed by atoms with Crippen molar-refractivity contribution < 1.29 is 19.1 Å². The van der Waals surface area contributed by atoms with Crippen LogP contribution in [-0.4, -0.2) is 23.4 Å². The zero-order chi connectivity index (χ0) is 19.9. The molecular formula is C22H28FNO3. The summed E-state index contributed by atoms with van der Waals surface area (Å²) in [4.78, 5) is 23.9. The minimum Gasteiger partial charge on any atom is -0.393 e. The lowest BCUT2D eigenvalue weighted by Crippen LogP contribution is -2.57. The van der Waals surface area contributed by atoms with Crippen molar-refractivity contribution in [3.63, 3.8) is 0 Å². The van der Waals surface area contributed by atoms with Crippen molar-refractivity contribution in [1.82, 2.24) is 5.32 Å². The first-order valence-corrected chi connectivity index (χ1v) is 9.53. The highest BCUT2D eigenvalue weighted by atomic mass is 19.1. The van der Waals surface area contributed by atoms with E-state index in [9.17, 15) is 19.1 Å². The molecule has 146 valence electrons. The van der Waals surface area contributed by atoms with E-state index in [0.717, 1.165) is 12.0 Å². The zero-order valence-corrected chi connectivity index (χ0v) is 15.8. The Kier molecular flexibility index (Phi) is 7.48. The fourth-order valence-corrected chi connectivity index (χ4v) is 3.10. The van der Waals surface area contributed by atoms with E-state index in [0.29, 0.717) is 31.1 Å². The number of carbonyl (C=O) groups is 2. The van der Waals surface area contributed by atoms with Gasteiger partial charge in [0.05, 0.1) is 11.6 Å². The van der Waals surface area contributed by atoms with Gasteiger partial charge in [-0.15, -0.1) is 0 Å². The van der Waals surface area contributed by atoms with Crippen LogP contribution in [0, 0.1) is 5.82 Å². The fourth-order valence-electron chi connectivity index (χ4n) is 3.10. The molecule has 0 heterocycles. The zero-order valence-electron chi connectivity index (χ0n) is 15.8. The van der Waals surface area contributed by atoms with Crippen LogP contribution < -0.4 is 5.32 Å². The number of aldehydes is 1. The normalized spacial score (nSPS) is 23.7. The number of nitrogens with one attached hydrogen (secondary N) is 1. The summed E-state index contributed by atoms with van der Waals surface area (Å²) in [7, 11) is 0. The lowest BCUT2D eigenvalue weighted by Gasteiger charge is -2.46. The van der Waals surface area contributed by atoms with Crippen molar-refractivity contribution in [2.75, 3.05) is 0 Å². The number of amides is 1. The summed E-state index contributed by atoms with van der Waals surface area (Å²) in [6.45, 7) is 5.55. The van der Waals surface area contributed by atoms with Crippen LogP contribution in [-0.2, 0) is 15.1 Å². The Labute approximate surface area is 160 Å². The summed E-state index contributed by atoms with van der Waals surface area (Å²) in [5.74, 6) is -0.769. The molecule has 0 aliphatic heterocycles. The second kappa shape index (κ2) is 9.60. The van der Waals surface area contributed by atoms with E-state index in [1.807, 2.05) is 6.92 Å². The van der Waals surface area contributed by atoms with E-state index in [2.05, 4.69) is 11.9 Å². The summed E-state index contributed by atoms with van der Waals surface area (Å²) in [5.41, 5.74) is 0.626. The predicted molar refractivity (Wildman–Crippen MR) is 104 cm³/mol. The molecule has 4 nitrogen and oxygen atoms in total. The highest BCUT2D eigenvalue weighted by molar-refractivity contribution is 6.01. The third-order valence-corrected chi connectivity index (χ3v) is 4.73. The molecule has 0 bridgehead atoms. The van der Waals surface area contributed by atoms with Crippen LogP contribution in [0.15, 0.2) is 48.1 Å². The first-order valence-electron chi connectivity index (χ1n) is 9.53. The number of hydrogen-bond donors (Lipinski definition) is 2. The Morgan fingerprint density at radius 1 is 1.30 bits per heavy atom. The molecule has 1 amide bonds. The van der Waals surface area contributed by atoms with Gasteiger partial charge in [-0.25, -0.2) is 4.39 Å². The van der Waals surface area contributed by atoms with E-state index in [1.54, 1.807) is 12.1 Å². The largest absolute Gasteiger partial charge is 0.393 e. The molecule has 27 heavy (non-hydrogen) atoms. The Bertz CT molecular complexity index is 698. The van der Waals surface area contributed by atoms with Crippen molar-refractivity contribution in [2.24, 2.45) is 0 Å². The van der Waals surface area contributed by atoms with Gasteiger partial charge in [0.25, 0.3) is 5.91 Å². The molecule has 0 aromatic heterocycles. The van der Waals surface area contributed by atoms with Crippen LogP contribution >= 0.6 is 0 Å². The lowest BCUT2D eigenvalue weighted by atomic mass is 9.69. The van der Waals surface area contributed by atoms with Gasteiger partial charge in [-0.3, -0.25) is 9.59 Å². The molecule has 1 aromatic rings. The van der Waals surface area contributed by atoms with Crippen LogP contribution in [0.25, 0.3) is 0 Å². The molecule has 0 spiro atoms. The molecule has 2 N–H and O–H groups in total. The summed E-state index contributed by atoms with van der Waals surface area (Å²) >= 11 is 0. The summed E-state index contributed by atoms with van der Waals surface area (Å²) in [6.07, 6.45) is 7.96. The number of aliphatic hydroxyl groups excluding tert-OH is 1. The SMILES string of the molecule is C1CC1.C=C/C(C(=O)NC1(c2ccc(F)cc2)CC(O)C1)=C(/C=O)CCC. The van der Waals surface area contributed by atoms with Gasteiger partial charge >= 0.3 is 0 Å². The second-order valence-electron chi connectivity index (χ2n) is 7.18. The van der Waals surface area contributed by atoms with Crippen LogP contribution in [0.1, 0.15) is 57.4 Å². The number of hydrogen-bond acceptors (Lipinski definition) is 3. The van der Waals surface area contributed by atoms with Gasteiger partial charge in [0.1, 0.15) is 12.1 Å². The highest BCUT2D eigenvalue weighted by Gasteiger charge is 2.46. The number of halogens is 1. The van der Waals surface area contributed by atoms with Crippen molar-refractivity contribution in [1.29, 1.82) is 0 Å². The molecule has 2 aliphatic rings. The average molecular weight is 373 g/mol. The van der Waals surface area contributed by atoms with E-state index >= 15 is 0 Å². The van der Waals surface area contributed by atoms with Gasteiger partial charge < -0.3 is 10.4 Å². The minimum absolute atomic E-state index is 0.245. The molecule has 0 unspecified atom stereocenters. The Morgan fingerprint density at radius 2 is 1.89 bits per heavy atom. The van der Waals surface area contributed by atoms with Gasteiger partial charge in [-0.2, -0.15) is 0 Å². The highest BCUT2D eigenvalue weighted by Crippen LogP contribution is 2.41. The van der Waals surface area contributed by atoms with E-state index < -0.39 is 17.6 Å². The molecule has 5 heteroatoms. The second-order valence-corrected chi connectivity index (χ2v) is 7.18. The van der Waals surface area contributed by atoms with Crippen LogP contribution in [0.3, 0.4) is 0 Å². The van der Waals surface area contributed by atoms with E-state index in [-0.39, 0.29) is 11.4 Å². The number of carbonyl (C=O) groups excluding carboxylic acids is 2. The monoisotopic (exact) mass is 373 g/mol. The summed E-state index contributed by atoms with van der Waals surface area (Å²) < 4.78 is 13.2. The smallest absolute Gasteiger partial charge is 0.252 e. The molecular weight excluding hydrogens is 345 g/mol. The standard InChI is InChI=1S/C19H22FNO3.C3H6/c1-3-5-13(12-22)17(4-2)18(24)21-19(10-16(23)11-19)14-6-8-15(20)9-7-14;1-2-3-1/h4,6-9,12,16,23H,2-3,5,10-11H2,1H3,(H,21,24);1-3H2/b17-13-;. The van der Waals surface area contributed by atoms with E-state index in [4.69, 9.17) is 0 Å². The third kappa shape index (κ3) is 5.60. The molecule has 0 radical (unpaired) electrons. The Balaban J connectivity index is 0.000000789. The molecule has 3 rings (SSSR count). The first kappa shape index (κ1) is 21.0. The van der Waals surface area contributed by atoms with Gasteiger partial charge in [-0.1, -0.05) is 57.4 Å². The quantitative estimate of drug-likeness (QED) is 0.432. The topological polar surface area (TPSA) is 66.4 Å². The van der Waals surface area contributed by atoms with Crippen LogP contribution in [0.2, 0.25) is 0 Å². The van der Waals surface area contributed by atoms with Crippen molar-refractivity contribution in [3.05, 3.63) is 59.4 Å². The van der Waals surface area contributed by atoms with Gasteiger partial charge in [-0.05, 0) is 24.1 Å². The van der Waals surface area contributed by atoms with Crippen LogP contribution in [0.4, 0.5) is 4.39 Å². The number of allylic oxidation sites excluding steroid dienone is 1. The molecule has 2 fully saturated rings. The molecule has 0 atom stereocenters. The molecule has 2 saturated carbocycles. The predicted octanol–water partition coefficient (Wildman–Crippen LogP) is 3.94. The third-order valence-electron chi connectivity index (χ3n) is 4.73. The molecule has 1 aromatic carbocycles. The molecule has 0 saturated heterocycles. The molecule has 2 aliphatic carbocycles. The maximum atomic E-state index is 13.2. The first-order chi connectivity index (χ1) is 13.0. The van der Waals surface area contributed by atoms with Gasteiger partial charge in [0, 0.05) is 24.0 Å². The van der Waals surface area contributed by atoms with Crippen LogP contribution in [0.5, 0.6) is 0 Å². The van der Waals surface area contributed by atoms with Crippen molar-refractivity contribution in [3.8, 4) is 0 Å². The number of rotatable bonds is 7. The Hall–Kier alpha value is -2.27. The van der Waals surface area contributed by atoms with Gasteiger partial charge in [0.2, 0.25) is 0 Å².